The van der Waals surface area contributed by atoms with Gasteiger partial charge in [-0.25, -0.2) is 0 Å². The number of hydrogen-bond acceptors (Lipinski definition) is 6. The van der Waals surface area contributed by atoms with E-state index < -0.39 is 0 Å². The van der Waals surface area contributed by atoms with Crippen LogP contribution >= 0.6 is 0 Å². The third-order valence-corrected chi connectivity index (χ3v) is 10.7. The molecule has 0 spiro atoms. The first-order valence-electron chi connectivity index (χ1n) is 16.6. The number of piperazine rings is 1. The van der Waals surface area contributed by atoms with E-state index in [2.05, 4.69) is 50.4 Å². The van der Waals surface area contributed by atoms with Gasteiger partial charge in [-0.15, -0.1) is 0 Å². The van der Waals surface area contributed by atoms with Gasteiger partial charge < -0.3 is 19.7 Å². The van der Waals surface area contributed by atoms with Crippen LogP contribution < -0.4 is 19.7 Å². The highest BCUT2D eigenvalue weighted by molar-refractivity contribution is 5.94. The Morgan fingerprint density at radius 2 is 1.61 bits per heavy atom. The molecule has 0 unspecified atom stereocenters. The van der Waals surface area contributed by atoms with E-state index in [1.807, 2.05) is 31.3 Å². The molecule has 4 bridgehead atoms. The van der Waals surface area contributed by atoms with E-state index >= 15 is 0 Å². The number of anilines is 1. The molecule has 7 heteroatoms. The van der Waals surface area contributed by atoms with Crippen molar-refractivity contribution in [1.82, 2.24) is 15.2 Å². The third-order valence-electron chi connectivity index (χ3n) is 10.7. The number of carbonyl (C=O) groups is 1. The molecule has 1 amide bonds. The second kappa shape index (κ2) is 12.4. The van der Waals surface area contributed by atoms with Gasteiger partial charge in [0.05, 0.1) is 19.9 Å². The van der Waals surface area contributed by atoms with Gasteiger partial charge in [0.25, 0.3) is 5.91 Å². The minimum absolute atomic E-state index is 0.0790. The van der Waals surface area contributed by atoms with Crippen LogP contribution in [0, 0.1) is 23.2 Å². The van der Waals surface area contributed by atoms with Gasteiger partial charge in [-0.1, -0.05) is 12.1 Å². The fourth-order valence-corrected chi connectivity index (χ4v) is 8.98. The lowest BCUT2D eigenvalue weighted by Crippen LogP contribution is -2.51. The van der Waals surface area contributed by atoms with Crippen molar-refractivity contribution in [1.29, 1.82) is 0 Å². The van der Waals surface area contributed by atoms with Crippen LogP contribution in [0.4, 0.5) is 5.69 Å². The van der Waals surface area contributed by atoms with E-state index in [-0.39, 0.29) is 5.91 Å². The summed E-state index contributed by atoms with van der Waals surface area (Å²) >= 11 is 0. The normalized spacial score (nSPS) is 26.0. The first-order valence-corrected chi connectivity index (χ1v) is 16.6. The first-order chi connectivity index (χ1) is 21.5. The van der Waals surface area contributed by atoms with Gasteiger partial charge in [-0.05, 0) is 111 Å². The van der Waals surface area contributed by atoms with Crippen LogP contribution in [0.1, 0.15) is 61.4 Å². The molecule has 4 saturated carbocycles. The van der Waals surface area contributed by atoms with Gasteiger partial charge in [0.2, 0.25) is 0 Å². The summed E-state index contributed by atoms with van der Waals surface area (Å²) in [4.78, 5) is 22.3. The van der Waals surface area contributed by atoms with Crippen molar-refractivity contribution >= 4 is 11.6 Å². The fourth-order valence-electron chi connectivity index (χ4n) is 8.98. The zero-order valence-electron chi connectivity index (χ0n) is 26.3. The molecule has 232 valence electrons. The maximum absolute atomic E-state index is 13.1. The summed E-state index contributed by atoms with van der Waals surface area (Å²) in [6.45, 7) is 8.13. The smallest absolute Gasteiger partial charge is 0.251 e. The van der Waals surface area contributed by atoms with Crippen LogP contribution in [0.5, 0.6) is 11.5 Å². The molecular weight excluding hydrogens is 548 g/mol. The van der Waals surface area contributed by atoms with Crippen molar-refractivity contribution in [3.63, 3.8) is 0 Å². The Hall–Kier alpha value is -3.58. The van der Waals surface area contributed by atoms with Crippen molar-refractivity contribution in [3.8, 4) is 22.6 Å². The summed E-state index contributed by atoms with van der Waals surface area (Å²) < 4.78 is 11.4. The topological polar surface area (TPSA) is 66.9 Å². The van der Waals surface area contributed by atoms with E-state index in [1.165, 1.54) is 49.8 Å². The molecule has 1 aromatic heterocycles. The molecule has 1 N–H and O–H groups in total. The monoisotopic (exact) mass is 594 g/mol. The van der Waals surface area contributed by atoms with E-state index in [1.54, 1.807) is 13.3 Å². The lowest BCUT2D eigenvalue weighted by molar-refractivity contribution is -0.0503. The summed E-state index contributed by atoms with van der Waals surface area (Å²) in [7, 11) is 1.74. The van der Waals surface area contributed by atoms with Crippen LogP contribution in [0.15, 0.2) is 60.9 Å². The number of carbonyl (C=O) groups excluding carboxylic acids is 1. The number of aromatic nitrogens is 1. The number of rotatable bonds is 10. The van der Waals surface area contributed by atoms with Gasteiger partial charge in [-0.3, -0.25) is 14.7 Å². The van der Waals surface area contributed by atoms with Crippen LogP contribution in [0.25, 0.3) is 11.1 Å². The Morgan fingerprint density at radius 3 is 2.27 bits per heavy atom. The number of nitrogens with one attached hydrogen (secondary N) is 1. The predicted octanol–water partition coefficient (Wildman–Crippen LogP) is 6.42. The average Bonchev–Trinajstić information content (AvgIpc) is 3.04. The highest BCUT2D eigenvalue weighted by Gasteiger charge is 2.50. The van der Waals surface area contributed by atoms with Crippen molar-refractivity contribution in [2.75, 3.05) is 51.3 Å². The van der Waals surface area contributed by atoms with Crippen molar-refractivity contribution < 1.29 is 14.3 Å². The van der Waals surface area contributed by atoms with Gasteiger partial charge in [0.15, 0.2) is 0 Å². The molecule has 3 aromatic rings. The van der Waals surface area contributed by atoms with Crippen molar-refractivity contribution in [3.05, 3.63) is 72.1 Å². The Balaban J connectivity index is 0.914. The van der Waals surface area contributed by atoms with E-state index in [9.17, 15) is 4.79 Å². The Labute approximate surface area is 261 Å². The summed E-state index contributed by atoms with van der Waals surface area (Å²) in [5, 5.41) is 3.34. The fraction of sp³-hybridized carbons (Fsp3) is 0.514. The predicted molar refractivity (Wildman–Crippen MR) is 174 cm³/mol. The molecule has 5 aliphatic rings. The van der Waals surface area contributed by atoms with Gasteiger partial charge in [0.1, 0.15) is 11.5 Å². The Kier molecular flexibility index (Phi) is 8.23. The lowest BCUT2D eigenvalue weighted by atomic mass is 9.49. The zero-order chi connectivity index (χ0) is 30.1. The summed E-state index contributed by atoms with van der Waals surface area (Å²) in [6, 6.07) is 16.7. The van der Waals surface area contributed by atoms with E-state index in [0.29, 0.717) is 12.0 Å². The van der Waals surface area contributed by atoms with Gasteiger partial charge in [-0.2, -0.15) is 0 Å². The maximum Gasteiger partial charge on any atom is 0.251 e. The quantitative estimate of drug-likeness (QED) is 0.292. The van der Waals surface area contributed by atoms with Crippen LogP contribution in [0.3, 0.4) is 0 Å². The molecule has 8 rings (SSSR count). The largest absolute Gasteiger partial charge is 0.496 e. The van der Waals surface area contributed by atoms with Crippen molar-refractivity contribution in [2.24, 2.45) is 23.2 Å². The summed E-state index contributed by atoms with van der Waals surface area (Å²) in [5.74, 6) is 4.48. The molecule has 0 atom stereocenters. The molecule has 1 aliphatic heterocycles. The Bertz CT molecular complexity index is 1430. The van der Waals surface area contributed by atoms with E-state index in [4.69, 9.17) is 9.47 Å². The number of hydrogen-bond donors (Lipinski definition) is 1. The molecule has 2 aromatic carbocycles. The number of ether oxygens (including phenoxy) is 2. The van der Waals surface area contributed by atoms with Crippen LogP contribution in [0.2, 0.25) is 0 Å². The number of amides is 1. The highest BCUT2D eigenvalue weighted by atomic mass is 16.5. The number of methoxy groups -OCH3 is 1. The molecule has 44 heavy (non-hydrogen) atoms. The molecule has 0 radical (unpaired) electrons. The number of benzene rings is 2. The maximum atomic E-state index is 13.1. The second-order valence-corrected chi connectivity index (χ2v) is 13.8. The average molecular weight is 595 g/mol. The second-order valence-electron chi connectivity index (χ2n) is 13.8. The molecule has 4 aliphatic carbocycles. The van der Waals surface area contributed by atoms with Crippen LogP contribution in [-0.2, 0) is 6.54 Å². The number of nitrogens with zero attached hydrogens (tertiary/aromatic N) is 3. The summed E-state index contributed by atoms with van der Waals surface area (Å²) in [6.07, 6.45) is 11.9. The van der Waals surface area contributed by atoms with E-state index in [0.717, 1.165) is 85.2 Å². The molecule has 2 heterocycles. The van der Waals surface area contributed by atoms with Crippen LogP contribution in [-0.4, -0.2) is 62.2 Å². The number of pyridine rings is 1. The molecule has 7 nitrogen and oxygen atoms in total. The van der Waals surface area contributed by atoms with Gasteiger partial charge >= 0.3 is 0 Å². The third kappa shape index (κ3) is 6.16. The SMILES string of the molecule is CCOc1cncc(-c2ccc(CN3CCN(c4ccc(C(=O)NCC56CC7CC(CC(C7)C5)C6)cc4)CC3)c(OC)c2)c1. The molecular formula is C37H46N4O3. The summed E-state index contributed by atoms with van der Waals surface area (Å²) in [5.41, 5.74) is 5.58. The van der Waals surface area contributed by atoms with Gasteiger partial charge in [0, 0.05) is 67.8 Å². The minimum Gasteiger partial charge on any atom is -0.496 e. The zero-order valence-corrected chi connectivity index (χ0v) is 26.3. The lowest BCUT2D eigenvalue weighted by Gasteiger charge is -2.56. The standard InChI is InChI=1S/C37H46N4O3/c1-3-44-34-17-32(22-38-23-34)30-4-5-31(35(18-30)43-2)24-40-10-12-41(13-11-40)33-8-6-29(7-9-33)36(42)39-25-37-19-26-14-27(20-37)16-28(15-26)21-37/h4-9,17-18,22-23,26-28H,3,10-16,19-21,24-25H2,1-2H3,(H,39,42). The Morgan fingerprint density at radius 1 is 0.909 bits per heavy atom. The minimum atomic E-state index is 0.0790. The molecule has 5 fully saturated rings. The molecule has 1 saturated heterocycles. The first kappa shape index (κ1) is 29.1. The highest BCUT2D eigenvalue weighted by Crippen LogP contribution is 2.59. The van der Waals surface area contributed by atoms with Crippen molar-refractivity contribution in [2.45, 2.75) is 52.0 Å².